The zero-order valence-electron chi connectivity index (χ0n) is 14.8. The van der Waals surface area contributed by atoms with Gasteiger partial charge in [-0.2, -0.15) is 0 Å². The van der Waals surface area contributed by atoms with Crippen LogP contribution in [0.15, 0.2) is 12.4 Å². The van der Waals surface area contributed by atoms with E-state index in [-0.39, 0.29) is 23.8 Å². The third-order valence-corrected chi connectivity index (χ3v) is 5.66. The third kappa shape index (κ3) is 2.57. The van der Waals surface area contributed by atoms with Crippen molar-refractivity contribution in [2.75, 3.05) is 13.1 Å². The summed E-state index contributed by atoms with van der Waals surface area (Å²) in [5.74, 6) is -0.232. The molecule has 0 aliphatic carbocycles. The minimum Gasteiger partial charge on any atom is -0.345 e. The van der Waals surface area contributed by atoms with Crippen LogP contribution in [0.1, 0.15) is 36.2 Å². The first kappa shape index (κ1) is 17.3. The van der Waals surface area contributed by atoms with E-state index in [9.17, 15) is 9.59 Å². The molecule has 2 aromatic heterocycles. The van der Waals surface area contributed by atoms with Crippen molar-refractivity contribution in [3.63, 3.8) is 0 Å². The summed E-state index contributed by atoms with van der Waals surface area (Å²) in [5.41, 5.74) is 7.96. The van der Waals surface area contributed by atoms with Crippen LogP contribution in [-0.4, -0.2) is 56.8 Å². The van der Waals surface area contributed by atoms with E-state index in [0.29, 0.717) is 35.9 Å². The van der Waals surface area contributed by atoms with Gasteiger partial charge in [0, 0.05) is 49.0 Å². The molecule has 26 heavy (non-hydrogen) atoms. The fourth-order valence-corrected chi connectivity index (χ4v) is 4.24. The monoisotopic (exact) mass is 375 g/mol. The van der Waals surface area contributed by atoms with Gasteiger partial charge in [0.2, 0.25) is 5.91 Å². The van der Waals surface area contributed by atoms with Crippen molar-refractivity contribution in [3.8, 4) is 0 Å². The maximum Gasteiger partial charge on any atom is 0.257 e. The highest BCUT2D eigenvalue weighted by Crippen LogP contribution is 2.35. The lowest BCUT2D eigenvalue weighted by atomic mass is 9.95. The molecule has 7 nitrogen and oxygen atoms in total. The quantitative estimate of drug-likeness (QED) is 0.854. The van der Waals surface area contributed by atoms with Crippen LogP contribution in [0, 0.1) is 5.92 Å². The SMILES string of the molecule is CC(C)[C@H](C(=O)N1CCC(N)C1)N1Cc2c(Cl)cnc3[nH]cc(c23)C1=O. The molecule has 2 amide bonds. The van der Waals surface area contributed by atoms with Crippen LogP contribution in [0.25, 0.3) is 11.0 Å². The van der Waals surface area contributed by atoms with E-state index in [1.165, 1.54) is 0 Å². The van der Waals surface area contributed by atoms with Crippen LogP contribution in [0.4, 0.5) is 0 Å². The number of carbonyl (C=O) groups excluding carboxylic acids is 2. The lowest BCUT2D eigenvalue weighted by Crippen LogP contribution is -2.53. The van der Waals surface area contributed by atoms with Crippen LogP contribution >= 0.6 is 11.6 Å². The molecule has 3 N–H and O–H groups in total. The highest BCUT2D eigenvalue weighted by atomic mass is 35.5. The molecular formula is C18H22ClN5O2. The Hall–Kier alpha value is -2.12. The molecular weight excluding hydrogens is 354 g/mol. The Labute approximate surface area is 156 Å². The van der Waals surface area contributed by atoms with Crippen molar-refractivity contribution < 1.29 is 9.59 Å². The number of hydrogen-bond acceptors (Lipinski definition) is 4. The Bertz CT molecular complexity index is 893. The molecule has 0 saturated carbocycles. The molecule has 2 aromatic rings. The van der Waals surface area contributed by atoms with Gasteiger partial charge in [0.05, 0.1) is 10.6 Å². The van der Waals surface area contributed by atoms with Crippen LogP contribution < -0.4 is 5.73 Å². The molecule has 138 valence electrons. The van der Waals surface area contributed by atoms with Gasteiger partial charge < -0.3 is 20.5 Å². The third-order valence-electron chi connectivity index (χ3n) is 5.33. The van der Waals surface area contributed by atoms with Crippen molar-refractivity contribution in [3.05, 3.63) is 28.5 Å². The second-order valence-electron chi connectivity index (χ2n) is 7.47. The Kier molecular flexibility index (Phi) is 4.16. The number of nitrogens with one attached hydrogen (secondary N) is 1. The number of nitrogens with zero attached hydrogens (tertiary/aromatic N) is 3. The standard InChI is InChI=1S/C18H22ClN5O2/c1-9(2)15(18(26)23-4-3-10(20)7-23)24-8-12-13(19)6-22-16-14(12)11(5-21-16)17(24)25/h5-6,9-10,15H,3-4,7-8,20H2,1-2H3,(H,21,22)/t10?,15-/m1/s1. The number of amides is 2. The number of pyridine rings is 1. The normalized spacial score (nSPS) is 21.1. The van der Waals surface area contributed by atoms with Crippen LogP contribution in [0.5, 0.6) is 0 Å². The summed E-state index contributed by atoms with van der Waals surface area (Å²) in [7, 11) is 0. The number of aromatic nitrogens is 2. The molecule has 2 atom stereocenters. The van der Waals surface area contributed by atoms with Crippen LogP contribution in [0.2, 0.25) is 5.02 Å². The molecule has 0 aromatic carbocycles. The molecule has 1 saturated heterocycles. The van der Waals surface area contributed by atoms with E-state index in [1.807, 2.05) is 13.8 Å². The van der Waals surface area contributed by atoms with Gasteiger partial charge in [-0.1, -0.05) is 25.4 Å². The first-order valence-corrected chi connectivity index (χ1v) is 9.26. The maximum atomic E-state index is 13.2. The van der Waals surface area contributed by atoms with E-state index < -0.39 is 6.04 Å². The summed E-state index contributed by atoms with van der Waals surface area (Å²) in [6, 6.07) is -0.538. The average molecular weight is 376 g/mol. The van der Waals surface area contributed by atoms with Crippen molar-refractivity contribution in [1.29, 1.82) is 0 Å². The fourth-order valence-electron chi connectivity index (χ4n) is 4.04. The maximum absolute atomic E-state index is 13.2. The van der Waals surface area contributed by atoms with Crippen molar-refractivity contribution in [2.24, 2.45) is 11.7 Å². The lowest BCUT2D eigenvalue weighted by Gasteiger charge is -2.38. The topological polar surface area (TPSA) is 95.3 Å². The van der Waals surface area contributed by atoms with Gasteiger partial charge in [-0.3, -0.25) is 9.59 Å². The zero-order valence-corrected chi connectivity index (χ0v) is 15.6. The Morgan fingerprint density at radius 3 is 2.88 bits per heavy atom. The van der Waals surface area contributed by atoms with Gasteiger partial charge >= 0.3 is 0 Å². The van der Waals surface area contributed by atoms with Crippen molar-refractivity contribution in [1.82, 2.24) is 19.8 Å². The molecule has 1 unspecified atom stereocenters. The molecule has 0 radical (unpaired) electrons. The largest absolute Gasteiger partial charge is 0.345 e. The summed E-state index contributed by atoms with van der Waals surface area (Å²) >= 11 is 6.36. The summed E-state index contributed by atoms with van der Waals surface area (Å²) < 4.78 is 0. The lowest BCUT2D eigenvalue weighted by molar-refractivity contribution is -0.136. The second-order valence-corrected chi connectivity index (χ2v) is 7.87. The Morgan fingerprint density at radius 1 is 1.46 bits per heavy atom. The first-order chi connectivity index (χ1) is 12.4. The number of nitrogens with two attached hydrogens (primary N) is 1. The van der Waals surface area contributed by atoms with E-state index >= 15 is 0 Å². The number of rotatable bonds is 3. The van der Waals surface area contributed by atoms with E-state index in [1.54, 1.807) is 22.2 Å². The summed E-state index contributed by atoms with van der Waals surface area (Å²) in [4.78, 5) is 37.0. The van der Waals surface area contributed by atoms with Crippen LogP contribution in [-0.2, 0) is 11.3 Å². The molecule has 4 heterocycles. The molecule has 8 heteroatoms. The summed E-state index contributed by atoms with van der Waals surface area (Å²) in [6.07, 6.45) is 4.03. The van der Waals surface area contributed by atoms with E-state index in [0.717, 1.165) is 17.4 Å². The molecule has 2 aliphatic rings. The van der Waals surface area contributed by atoms with Gasteiger partial charge in [-0.15, -0.1) is 0 Å². The van der Waals surface area contributed by atoms with Crippen molar-refractivity contribution >= 4 is 34.4 Å². The average Bonchev–Trinajstić information content (AvgIpc) is 3.21. The van der Waals surface area contributed by atoms with Gasteiger partial charge in [-0.25, -0.2) is 4.98 Å². The molecule has 4 rings (SSSR count). The molecule has 2 aliphatic heterocycles. The Balaban J connectivity index is 1.73. The number of aromatic amines is 1. The highest BCUT2D eigenvalue weighted by molar-refractivity contribution is 6.32. The molecule has 1 fully saturated rings. The van der Waals surface area contributed by atoms with Gasteiger partial charge in [0.1, 0.15) is 11.7 Å². The second kappa shape index (κ2) is 6.25. The first-order valence-electron chi connectivity index (χ1n) is 8.88. The zero-order chi connectivity index (χ0) is 18.6. The predicted octanol–water partition coefficient (Wildman–Crippen LogP) is 1.76. The van der Waals surface area contributed by atoms with Gasteiger partial charge in [-0.05, 0) is 12.3 Å². The smallest absolute Gasteiger partial charge is 0.257 e. The van der Waals surface area contributed by atoms with E-state index in [2.05, 4.69) is 9.97 Å². The highest BCUT2D eigenvalue weighted by Gasteiger charge is 2.40. The van der Waals surface area contributed by atoms with Gasteiger partial charge in [0.25, 0.3) is 5.91 Å². The number of likely N-dealkylation sites (tertiary alicyclic amines) is 1. The van der Waals surface area contributed by atoms with Gasteiger partial charge in [0.15, 0.2) is 0 Å². The van der Waals surface area contributed by atoms with Crippen molar-refractivity contribution in [2.45, 2.75) is 38.9 Å². The molecule has 0 bridgehead atoms. The summed E-state index contributed by atoms with van der Waals surface area (Å²) in [6.45, 7) is 5.40. The number of hydrogen-bond donors (Lipinski definition) is 2. The van der Waals surface area contributed by atoms with Crippen LogP contribution in [0.3, 0.4) is 0 Å². The summed E-state index contributed by atoms with van der Waals surface area (Å²) in [5, 5.41) is 1.27. The number of carbonyl (C=O) groups is 2. The predicted molar refractivity (Wildman–Crippen MR) is 98.8 cm³/mol. The number of halogens is 1. The minimum absolute atomic E-state index is 0.00867. The fraction of sp³-hybridized carbons (Fsp3) is 0.500. The Morgan fingerprint density at radius 2 is 2.23 bits per heavy atom. The number of H-pyrrole nitrogens is 1. The minimum atomic E-state index is -0.546. The van der Waals surface area contributed by atoms with E-state index in [4.69, 9.17) is 17.3 Å². The molecule has 0 spiro atoms.